The molecule has 0 aromatic carbocycles. The molecule has 4 radical (unpaired) electrons. The highest BCUT2D eigenvalue weighted by atomic mass is 32.7. The number of fused-ring (bicyclic) bond motifs is 1. The van der Waals surface area contributed by atoms with E-state index in [-0.39, 0.29) is 69.2 Å². The SMILES string of the molecule is [B]C1CC(NP(=O)([S-])OCCOCn2cnc3c(=O)[nH]c(N)nc32)C(COP([O-])(=S)NC2CC([B])OC2COP([O-])(=S)NC(C)C)O1. The molecule has 2 aliphatic rings. The molecule has 26 heteroatoms. The summed E-state index contributed by atoms with van der Waals surface area (Å²) in [6.45, 7) is -8.41. The first-order valence-electron chi connectivity index (χ1n) is 14.2. The summed E-state index contributed by atoms with van der Waals surface area (Å²) in [5.41, 5.74) is 5.44. The first kappa shape index (κ1) is 39.5. The van der Waals surface area contributed by atoms with E-state index in [1.54, 1.807) is 13.8 Å². The molecule has 47 heavy (non-hydrogen) atoms. The quantitative estimate of drug-likeness (QED) is 0.0478. The molecule has 260 valence electrons. The summed E-state index contributed by atoms with van der Waals surface area (Å²) < 4.78 is 47.5. The topological polar surface area (TPSA) is 244 Å². The molecule has 2 fully saturated rings. The predicted molar refractivity (Wildman–Crippen MR) is 180 cm³/mol. The number of nitrogens with one attached hydrogen (secondary N) is 4. The molecule has 4 rings (SSSR count). The molecule has 0 bridgehead atoms. The third-order valence-corrected chi connectivity index (χ3v) is 12.2. The smallest absolute Gasteiger partial charge is 0.280 e. The highest BCUT2D eigenvalue weighted by molar-refractivity contribution is 8.33. The van der Waals surface area contributed by atoms with Crippen LogP contribution in [0.15, 0.2) is 11.1 Å². The number of aromatic nitrogens is 4. The number of imidazole rings is 1. The molecule has 0 spiro atoms. The Morgan fingerprint density at radius 1 is 1.11 bits per heavy atom. The van der Waals surface area contributed by atoms with Gasteiger partial charge in [-0.1, -0.05) is 23.6 Å². The average molecular weight is 769 g/mol. The van der Waals surface area contributed by atoms with Gasteiger partial charge in [-0.25, -0.2) is 4.98 Å². The maximum absolute atomic E-state index is 13.2. The number of nitrogens with zero attached hydrogens (tertiary/aromatic N) is 3. The number of anilines is 1. The average Bonchev–Trinajstić information content (AvgIpc) is 3.61. The molecule has 18 nitrogen and oxygen atoms in total. The molecule has 4 heterocycles. The van der Waals surface area contributed by atoms with Gasteiger partial charge in [0.15, 0.2) is 11.2 Å². The van der Waals surface area contributed by atoms with Gasteiger partial charge in [0.1, 0.15) is 29.1 Å². The second-order valence-electron chi connectivity index (χ2n) is 10.9. The minimum absolute atomic E-state index is 0.0164. The van der Waals surface area contributed by atoms with Crippen molar-refractivity contribution in [2.24, 2.45) is 0 Å². The Morgan fingerprint density at radius 2 is 1.70 bits per heavy atom. The van der Waals surface area contributed by atoms with Crippen LogP contribution in [0.5, 0.6) is 0 Å². The fourth-order valence-corrected chi connectivity index (χ4v) is 10.0. The molecule has 2 aromatic rings. The van der Waals surface area contributed by atoms with Gasteiger partial charge in [0.25, 0.3) is 5.56 Å². The minimum atomic E-state index is -3.91. The molecule has 0 saturated carbocycles. The van der Waals surface area contributed by atoms with Crippen LogP contribution in [-0.2, 0) is 74.9 Å². The van der Waals surface area contributed by atoms with Crippen molar-refractivity contribution in [3.8, 4) is 0 Å². The fraction of sp³-hybridized carbons (Fsp3) is 0.762. The highest BCUT2D eigenvalue weighted by Gasteiger charge is 2.37. The Labute approximate surface area is 289 Å². The molecule has 2 aliphatic heterocycles. The lowest BCUT2D eigenvalue weighted by Gasteiger charge is -2.36. The van der Waals surface area contributed by atoms with Gasteiger partial charge in [-0.15, -0.1) is 0 Å². The summed E-state index contributed by atoms with van der Waals surface area (Å²) >= 11 is 15.3. The van der Waals surface area contributed by atoms with Crippen molar-refractivity contribution in [2.75, 3.05) is 32.2 Å². The zero-order valence-electron chi connectivity index (χ0n) is 25.3. The second-order valence-corrected chi connectivity index (χ2v) is 19.8. The lowest BCUT2D eigenvalue weighted by Crippen LogP contribution is -2.42. The maximum Gasteiger partial charge on any atom is 0.280 e. The lowest BCUT2D eigenvalue weighted by atomic mass is 9.95. The van der Waals surface area contributed by atoms with E-state index in [9.17, 15) is 19.1 Å². The fourth-order valence-electron chi connectivity index (χ4n) is 4.76. The summed E-state index contributed by atoms with van der Waals surface area (Å²) in [7, 11) is 11.9. The number of hydrogen-bond acceptors (Lipinski definition) is 16. The standard InChI is InChI=1S/C21H37B2N8O10P3S3/c1-11(2)28-42(33,45)38-7-14-13(6-17(23)40-14)30-44(35,47)39-8-15-12(5-16(22)41-15)29-43(34,46)37-4-3-36-10-31-9-25-18-19(31)26-21(24)27-20(18)32/h9,11-17H,3-8,10H2,1-2H3,(H2,28,33,45)(H2,29,34,46)(H2,30,35,47)(H3,24,26,27,32)/p-3. The molecule has 9 atom stereocenters. The zero-order valence-corrected chi connectivity index (χ0v) is 30.4. The van der Waals surface area contributed by atoms with Gasteiger partial charge in [0, 0.05) is 30.1 Å². The molecular weight excluding hydrogens is 735 g/mol. The van der Waals surface area contributed by atoms with Gasteiger partial charge < -0.3 is 60.1 Å². The van der Waals surface area contributed by atoms with Crippen LogP contribution in [0.4, 0.5) is 5.95 Å². The van der Waals surface area contributed by atoms with Crippen molar-refractivity contribution in [1.82, 2.24) is 34.8 Å². The summed E-state index contributed by atoms with van der Waals surface area (Å²) in [5.74, 6) is -0.0684. The van der Waals surface area contributed by atoms with Crippen molar-refractivity contribution in [3.05, 3.63) is 16.7 Å². The molecule has 0 aliphatic carbocycles. The Kier molecular flexibility index (Phi) is 14.1. The van der Waals surface area contributed by atoms with E-state index in [1.165, 1.54) is 10.9 Å². The second kappa shape index (κ2) is 16.8. The normalized spacial score (nSPS) is 28.8. The summed E-state index contributed by atoms with van der Waals surface area (Å²) in [6, 6.07) is -2.99. The largest absolute Gasteiger partial charge is 0.789 e. The molecule has 2 aromatic heterocycles. The summed E-state index contributed by atoms with van der Waals surface area (Å²) in [5, 5.41) is 8.15. The molecule has 0 amide bonds. The maximum atomic E-state index is 13.2. The number of nitrogens with two attached hydrogens (primary N) is 1. The first-order valence-corrected chi connectivity index (χ1v) is 22.1. The van der Waals surface area contributed by atoms with Crippen molar-refractivity contribution >= 4 is 88.7 Å². The monoisotopic (exact) mass is 769 g/mol. The van der Waals surface area contributed by atoms with Crippen LogP contribution in [0.1, 0.15) is 26.7 Å². The summed E-state index contributed by atoms with van der Waals surface area (Å²) in [6.07, 6.45) is 0.198. The van der Waals surface area contributed by atoms with Gasteiger partial charge >= 0.3 is 0 Å². The van der Waals surface area contributed by atoms with Crippen LogP contribution in [0.25, 0.3) is 11.2 Å². The van der Waals surface area contributed by atoms with E-state index >= 15 is 0 Å². The number of H-pyrrole nitrogens is 1. The van der Waals surface area contributed by atoms with Crippen LogP contribution in [0.2, 0.25) is 0 Å². The Bertz CT molecular complexity index is 1580. The molecular formula is C21H34B2N8O10P3S3-3. The van der Waals surface area contributed by atoms with Crippen molar-refractivity contribution in [3.63, 3.8) is 0 Å². The van der Waals surface area contributed by atoms with E-state index in [0.717, 1.165) is 0 Å². The van der Waals surface area contributed by atoms with Crippen LogP contribution in [0, 0.1) is 0 Å². The van der Waals surface area contributed by atoms with E-state index in [1.807, 2.05) is 0 Å². The number of rotatable bonds is 18. The van der Waals surface area contributed by atoms with E-state index < -0.39 is 61.9 Å². The molecule has 6 N–H and O–H groups in total. The number of aromatic amines is 1. The van der Waals surface area contributed by atoms with Crippen molar-refractivity contribution in [2.45, 2.75) is 75.8 Å². The van der Waals surface area contributed by atoms with Gasteiger partial charge in [0.05, 0.1) is 58.2 Å². The summed E-state index contributed by atoms with van der Waals surface area (Å²) in [4.78, 5) is 47.9. The van der Waals surface area contributed by atoms with Crippen LogP contribution in [0.3, 0.4) is 0 Å². The third kappa shape index (κ3) is 12.2. The van der Waals surface area contributed by atoms with Gasteiger partial charge in [-0.3, -0.25) is 29.6 Å². The van der Waals surface area contributed by atoms with Gasteiger partial charge in [-0.2, -0.15) is 4.98 Å². The minimum Gasteiger partial charge on any atom is -0.789 e. The first-order chi connectivity index (χ1) is 21.9. The Hall–Kier alpha value is -0.280. The number of nitrogen functional groups attached to an aromatic ring is 1. The Balaban J connectivity index is 1.22. The number of hydrogen-bond donors (Lipinski definition) is 5. The third-order valence-electron chi connectivity index (χ3n) is 6.66. The van der Waals surface area contributed by atoms with Crippen LogP contribution in [-0.4, -0.2) is 104 Å². The van der Waals surface area contributed by atoms with Gasteiger partial charge in [-0.05, 0) is 26.7 Å². The molecule has 9 unspecified atom stereocenters. The van der Waals surface area contributed by atoms with Crippen LogP contribution < -0.4 is 36.3 Å². The zero-order chi connectivity index (χ0) is 34.6. The van der Waals surface area contributed by atoms with E-state index in [0.29, 0.717) is 0 Å². The van der Waals surface area contributed by atoms with Crippen molar-refractivity contribution < 1.29 is 42.1 Å². The lowest BCUT2D eigenvalue weighted by molar-refractivity contribution is -0.189. The molecule has 2 saturated heterocycles. The number of ether oxygens (including phenoxy) is 3. The predicted octanol–water partition coefficient (Wildman–Crippen LogP) is -1.97. The highest BCUT2D eigenvalue weighted by Crippen LogP contribution is 2.43. The Morgan fingerprint density at radius 3 is 2.32 bits per heavy atom. The van der Waals surface area contributed by atoms with Gasteiger partial charge in [0.2, 0.25) is 5.95 Å². The van der Waals surface area contributed by atoms with E-state index in [4.69, 9.17) is 85.1 Å². The van der Waals surface area contributed by atoms with Crippen molar-refractivity contribution in [1.29, 1.82) is 0 Å². The van der Waals surface area contributed by atoms with E-state index in [2.05, 4.69) is 30.2 Å². The van der Waals surface area contributed by atoms with Crippen LogP contribution >= 0.6 is 20.0 Å².